The molecule has 18 unspecified atom stereocenters. The van der Waals surface area contributed by atoms with E-state index in [4.69, 9.17) is 42.2 Å². The largest absolute Gasteiger partial charge is 0.472 e. The third kappa shape index (κ3) is 39.0. The Labute approximate surface area is 592 Å². The highest BCUT2D eigenvalue weighted by Gasteiger charge is 2.58. The first-order valence-electron chi connectivity index (χ1n) is 39.0. The summed E-state index contributed by atoms with van der Waals surface area (Å²) in [5, 5.41) is 110. The average molecular weight is 1440 g/mol. The van der Waals surface area contributed by atoms with E-state index in [1.54, 1.807) is 0 Å². The van der Waals surface area contributed by atoms with Crippen LogP contribution in [-0.2, 0) is 61.2 Å². The van der Waals surface area contributed by atoms with Crippen molar-refractivity contribution in [3.05, 3.63) is 12.2 Å². The predicted molar refractivity (Wildman–Crippen MR) is 375 cm³/mol. The molecule has 582 valence electrons. The summed E-state index contributed by atoms with van der Waals surface area (Å²) in [7, 11) is -5.70. The number of phosphoric ester groups is 1. The van der Waals surface area contributed by atoms with Gasteiger partial charge in [0.25, 0.3) is 0 Å². The molecule has 0 aromatic rings. The maximum atomic E-state index is 14.3. The van der Waals surface area contributed by atoms with E-state index in [2.05, 4.69) is 32.9 Å². The average Bonchev–Trinajstić information content (AvgIpc) is 0.762. The summed E-state index contributed by atoms with van der Waals surface area (Å²) in [5.41, 5.74) is 0. The number of carbonyl (C=O) groups is 3. The lowest BCUT2D eigenvalue weighted by Gasteiger charge is -2.49. The smallest absolute Gasteiger partial charge is 0.463 e. The van der Waals surface area contributed by atoms with Gasteiger partial charge in [0.2, 0.25) is 0 Å². The second-order valence-electron chi connectivity index (χ2n) is 28.1. The van der Waals surface area contributed by atoms with Crippen LogP contribution in [0.1, 0.15) is 310 Å². The van der Waals surface area contributed by atoms with Crippen molar-refractivity contribution in [1.82, 2.24) is 0 Å². The normalized spacial score (nSPS) is 27.5. The fraction of sp³-hybridized carbons (Fsp3) is 0.932. The van der Waals surface area contributed by atoms with E-state index >= 15 is 0 Å². The Morgan fingerprint density at radius 3 is 1.10 bits per heavy atom. The second kappa shape index (κ2) is 56.1. The van der Waals surface area contributed by atoms with E-state index in [0.29, 0.717) is 19.3 Å². The summed E-state index contributed by atoms with van der Waals surface area (Å²) in [6, 6.07) is 0. The Kier molecular flexibility index (Phi) is 51.5. The van der Waals surface area contributed by atoms with Crippen LogP contribution >= 0.6 is 7.82 Å². The fourth-order valence-electron chi connectivity index (χ4n) is 12.9. The van der Waals surface area contributed by atoms with E-state index in [9.17, 15) is 74.9 Å². The molecule has 1 aliphatic carbocycles. The lowest BCUT2D eigenvalue weighted by atomic mass is 9.84. The first kappa shape index (κ1) is 90.9. The molecule has 3 aliphatic rings. The third-order valence-electron chi connectivity index (χ3n) is 19.3. The van der Waals surface area contributed by atoms with Crippen molar-refractivity contribution in [2.75, 3.05) is 26.4 Å². The minimum absolute atomic E-state index is 0.0281. The number of phosphoric acid groups is 1. The standard InChI is InChI=1S/C74H137O24P/c1-4-7-10-13-16-19-22-25-27-28-29-32-35-38-41-44-47-50-60(78)93-55(52-90-58(76)48-45-42-39-36-34-31-26-23-20-17-14-11-8-5-2)53-92-99(88,89)98-72-70(96-73-68(86)63(81)61(79)56(51-75)94-73)66(84)65(83)67(85)71(72)97-74-69(87)64(82)62(80)57(95-74)54-91-59(77)49-46-43-40-37-33-30-24-21-18-15-12-9-6-3/h31,34,55-57,61-75,79-87H,4-30,32-33,35-54H2,1-3H3,(H,88,89)/b34-31-. The van der Waals surface area contributed by atoms with Gasteiger partial charge in [0, 0.05) is 19.3 Å². The number of aliphatic hydroxyl groups is 10. The van der Waals surface area contributed by atoms with E-state index in [-0.39, 0.29) is 19.3 Å². The first-order valence-corrected chi connectivity index (χ1v) is 40.5. The van der Waals surface area contributed by atoms with E-state index in [1.165, 1.54) is 154 Å². The topological polar surface area (TPSA) is 374 Å². The van der Waals surface area contributed by atoms with Crippen LogP contribution in [-0.4, -0.2) is 204 Å². The SMILES string of the molecule is CCCCCCCCC/C=C\CCCCCC(=O)OCC(COP(=O)(O)OC1C(OC2OC(CO)C(O)C(O)C2O)C(O)C(O)C(O)C1OC1OC(COC(=O)CCCCCCCCCCCCCCC)C(O)C(O)C1O)OC(=O)CCCCCCCCCCCCCCCCCCC. The van der Waals surface area contributed by atoms with Gasteiger partial charge in [-0.3, -0.25) is 23.4 Å². The molecular formula is C74H137O24P. The minimum Gasteiger partial charge on any atom is -0.463 e. The van der Waals surface area contributed by atoms with E-state index in [1.807, 2.05) is 0 Å². The summed E-state index contributed by atoms with van der Waals surface area (Å²) in [4.78, 5) is 51.0. The second-order valence-corrected chi connectivity index (χ2v) is 29.5. The molecule has 25 heteroatoms. The molecule has 0 amide bonds. The Morgan fingerprint density at radius 2 is 0.707 bits per heavy atom. The van der Waals surface area contributed by atoms with Crippen LogP contribution in [0.5, 0.6) is 0 Å². The summed E-state index contributed by atoms with van der Waals surface area (Å²) >= 11 is 0. The molecule has 1 saturated carbocycles. The fourth-order valence-corrected chi connectivity index (χ4v) is 13.9. The van der Waals surface area contributed by atoms with E-state index in [0.717, 1.165) is 96.3 Å². The molecule has 99 heavy (non-hydrogen) atoms. The van der Waals surface area contributed by atoms with Crippen LogP contribution in [0.2, 0.25) is 0 Å². The molecule has 0 aromatic carbocycles. The van der Waals surface area contributed by atoms with Crippen LogP contribution in [0, 0.1) is 0 Å². The molecule has 2 aliphatic heterocycles. The van der Waals surface area contributed by atoms with Gasteiger partial charge in [0.15, 0.2) is 18.7 Å². The summed E-state index contributed by atoms with van der Waals surface area (Å²) in [6.07, 6.45) is 15.5. The number of ether oxygens (including phenoxy) is 7. The number of esters is 3. The Morgan fingerprint density at radius 1 is 0.384 bits per heavy atom. The van der Waals surface area contributed by atoms with Gasteiger partial charge in [-0.05, 0) is 44.9 Å². The zero-order chi connectivity index (χ0) is 72.5. The van der Waals surface area contributed by atoms with Crippen molar-refractivity contribution in [3.63, 3.8) is 0 Å². The van der Waals surface area contributed by atoms with Gasteiger partial charge in [-0.2, -0.15) is 0 Å². The van der Waals surface area contributed by atoms with E-state index < -0.39 is 156 Å². The molecule has 0 spiro atoms. The number of hydrogen-bond donors (Lipinski definition) is 11. The number of hydrogen-bond acceptors (Lipinski definition) is 23. The molecule has 2 saturated heterocycles. The molecule has 2 heterocycles. The molecule has 24 nitrogen and oxygen atoms in total. The number of carbonyl (C=O) groups excluding carboxylic acids is 3. The van der Waals surface area contributed by atoms with Gasteiger partial charge in [0.1, 0.15) is 98.7 Å². The number of allylic oxidation sites excluding steroid dienone is 2. The van der Waals surface area contributed by atoms with Crippen molar-refractivity contribution < 1.29 is 117 Å². The van der Waals surface area contributed by atoms with Crippen LogP contribution in [0.25, 0.3) is 0 Å². The van der Waals surface area contributed by atoms with Gasteiger partial charge in [-0.1, -0.05) is 258 Å². The quantitative estimate of drug-likeness (QED) is 0.00886. The number of rotatable bonds is 61. The Hall–Kier alpha value is -2.30. The maximum Gasteiger partial charge on any atom is 0.472 e. The highest BCUT2D eigenvalue weighted by atomic mass is 31.2. The molecule has 3 rings (SSSR count). The molecular weight excluding hydrogens is 1300 g/mol. The first-order chi connectivity index (χ1) is 47.8. The third-order valence-corrected chi connectivity index (χ3v) is 20.3. The van der Waals surface area contributed by atoms with Gasteiger partial charge in [-0.15, -0.1) is 0 Å². The van der Waals surface area contributed by atoms with Gasteiger partial charge in [-0.25, -0.2) is 4.57 Å². The zero-order valence-corrected chi connectivity index (χ0v) is 61.7. The van der Waals surface area contributed by atoms with Crippen molar-refractivity contribution in [2.45, 2.75) is 414 Å². The maximum absolute atomic E-state index is 14.3. The molecule has 0 bridgehead atoms. The molecule has 0 radical (unpaired) electrons. The van der Waals surface area contributed by atoms with Crippen LogP contribution in [0.3, 0.4) is 0 Å². The molecule has 11 N–H and O–H groups in total. The predicted octanol–water partition coefficient (Wildman–Crippen LogP) is 11.1. The highest BCUT2D eigenvalue weighted by molar-refractivity contribution is 7.47. The number of unbranched alkanes of at least 4 members (excludes halogenated alkanes) is 38. The van der Waals surface area contributed by atoms with Gasteiger partial charge >= 0.3 is 25.7 Å². The van der Waals surface area contributed by atoms with Crippen molar-refractivity contribution in [1.29, 1.82) is 0 Å². The lowest BCUT2D eigenvalue weighted by molar-refractivity contribution is -0.360. The van der Waals surface area contributed by atoms with Gasteiger partial charge in [0.05, 0.1) is 13.2 Å². The summed E-state index contributed by atoms with van der Waals surface area (Å²) in [5.74, 6) is -2.00. The summed E-state index contributed by atoms with van der Waals surface area (Å²) in [6.45, 7) is 3.45. The molecule has 18 atom stereocenters. The Bertz CT molecular complexity index is 2090. The molecule has 0 aromatic heterocycles. The molecule has 3 fully saturated rings. The summed E-state index contributed by atoms with van der Waals surface area (Å²) < 4.78 is 65.1. The Balaban J connectivity index is 1.73. The van der Waals surface area contributed by atoms with Crippen LogP contribution in [0.15, 0.2) is 12.2 Å². The number of aliphatic hydroxyl groups excluding tert-OH is 10. The lowest BCUT2D eigenvalue weighted by Crippen LogP contribution is -2.69. The van der Waals surface area contributed by atoms with Crippen molar-refractivity contribution >= 4 is 25.7 Å². The van der Waals surface area contributed by atoms with Crippen LogP contribution < -0.4 is 0 Å². The monoisotopic (exact) mass is 1440 g/mol. The van der Waals surface area contributed by atoms with Crippen molar-refractivity contribution in [2.24, 2.45) is 0 Å². The zero-order valence-electron chi connectivity index (χ0n) is 60.8. The highest BCUT2D eigenvalue weighted by Crippen LogP contribution is 2.49. The van der Waals surface area contributed by atoms with Crippen LogP contribution in [0.4, 0.5) is 0 Å². The van der Waals surface area contributed by atoms with Gasteiger partial charge < -0.3 is 89.1 Å². The van der Waals surface area contributed by atoms with Crippen molar-refractivity contribution in [3.8, 4) is 0 Å². The minimum atomic E-state index is -5.70.